The lowest BCUT2D eigenvalue weighted by atomic mass is 10.1. The highest BCUT2D eigenvalue weighted by Gasteiger charge is 2.22. The van der Waals surface area contributed by atoms with E-state index in [4.69, 9.17) is 9.69 Å². The predicted molar refractivity (Wildman–Crippen MR) is 71.9 cm³/mol. The van der Waals surface area contributed by atoms with Crippen molar-refractivity contribution in [3.63, 3.8) is 0 Å². The van der Waals surface area contributed by atoms with Gasteiger partial charge in [0.15, 0.2) is 14.4 Å². The summed E-state index contributed by atoms with van der Waals surface area (Å²) in [6.45, 7) is 6.27. The maximum absolute atomic E-state index is 9.08. The predicted octanol–water partition coefficient (Wildman–Crippen LogP) is 3.71. The van der Waals surface area contributed by atoms with Crippen molar-refractivity contribution in [2.24, 2.45) is 0 Å². The van der Waals surface area contributed by atoms with E-state index in [0.717, 1.165) is 9.13 Å². The molecule has 0 fully saturated rings. The third-order valence-corrected chi connectivity index (χ3v) is 3.35. The lowest BCUT2D eigenvalue weighted by Gasteiger charge is -2.21. The Morgan fingerprint density at radius 3 is 2.53 bits per heavy atom. The highest BCUT2D eigenvalue weighted by molar-refractivity contribution is 14.1. The van der Waals surface area contributed by atoms with Gasteiger partial charge in [0, 0.05) is 3.57 Å². The average Bonchev–Trinajstić information content (AvgIpc) is 2.13. The Labute approximate surface area is 106 Å². The van der Waals surface area contributed by atoms with Crippen LogP contribution in [0.3, 0.4) is 0 Å². The number of nitriles is 1. The molecule has 1 unspecified atom stereocenters. The molecule has 0 heterocycles. The summed E-state index contributed by atoms with van der Waals surface area (Å²) in [7, 11) is -1.67. The van der Waals surface area contributed by atoms with Crippen LogP contribution in [0, 0.1) is 14.9 Å². The number of benzene rings is 1. The zero-order valence-electron chi connectivity index (χ0n) is 9.12. The monoisotopic (exact) mass is 331 g/mol. The van der Waals surface area contributed by atoms with E-state index >= 15 is 0 Å². The van der Waals surface area contributed by atoms with Crippen LogP contribution in [0.2, 0.25) is 19.6 Å². The van der Waals surface area contributed by atoms with E-state index < -0.39 is 14.4 Å². The molecule has 80 valence electrons. The van der Waals surface area contributed by atoms with E-state index in [-0.39, 0.29) is 0 Å². The maximum Gasteiger partial charge on any atom is 0.186 e. The van der Waals surface area contributed by atoms with Gasteiger partial charge in [0.05, 0.1) is 6.07 Å². The summed E-state index contributed by atoms with van der Waals surface area (Å²) in [5.41, 5.74) is 0.951. The quantitative estimate of drug-likeness (QED) is 0.625. The highest BCUT2D eigenvalue weighted by Crippen LogP contribution is 2.22. The molecule has 0 aliphatic carbocycles. The molecule has 2 nitrogen and oxygen atoms in total. The van der Waals surface area contributed by atoms with Crippen LogP contribution >= 0.6 is 22.6 Å². The zero-order valence-corrected chi connectivity index (χ0v) is 12.3. The molecule has 0 N–H and O–H groups in total. The van der Waals surface area contributed by atoms with Crippen LogP contribution in [0.5, 0.6) is 0 Å². The Kier molecular flexibility index (Phi) is 4.31. The molecular weight excluding hydrogens is 317 g/mol. The summed E-state index contributed by atoms with van der Waals surface area (Å²) < 4.78 is 6.93. The fraction of sp³-hybridized carbons (Fsp3) is 0.364. The van der Waals surface area contributed by atoms with Gasteiger partial charge in [-0.15, -0.1) is 0 Å². The molecule has 1 rings (SSSR count). The Morgan fingerprint density at radius 1 is 1.40 bits per heavy atom. The molecule has 0 aliphatic heterocycles. The summed E-state index contributed by atoms with van der Waals surface area (Å²) in [6.07, 6.45) is -0.425. The van der Waals surface area contributed by atoms with Crippen molar-refractivity contribution >= 4 is 30.9 Å². The minimum absolute atomic E-state index is 0.425. The van der Waals surface area contributed by atoms with Crippen LogP contribution in [0.25, 0.3) is 0 Å². The summed E-state index contributed by atoms with van der Waals surface area (Å²) in [6, 6.07) is 10.1. The van der Waals surface area contributed by atoms with Crippen LogP contribution in [0.4, 0.5) is 0 Å². The van der Waals surface area contributed by atoms with E-state index in [1.54, 1.807) is 0 Å². The van der Waals surface area contributed by atoms with Gasteiger partial charge in [0.25, 0.3) is 0 Å². The molecular formula is C11H14INOSi. The third-order valence-electron chi connectivity index (χ3n) is 1.74. The molecule has 0 radical (unpaired) electrons. The van der Waals surface area contributed by atoms with Crippen LogP contribution in [0.1, 0.15) is 11.7 Å². The van der Waals surface area contributed by atoms with Crippen molar-refractivity contribution in [1.82, 2.24) is 0 Å². The molecule has 0 bridgehead atoms. The Hall–Kier alpha value is -0.383. The number of halogens is 1. The van der Waals surface area contributed by atoms with Gasteiger partial charge in [-0.2, -0.15) is 5.26 Å². The van der Waals surface area contributed by atoms with E-state index in [1.807, 2.05) is 24.3 Å². The van der Waals surface area contributed by atoms with Gasteiger partial charge in [0.2, 0.25) is 0 Å². The molecule has 0 spiro atoms. The first-order chi connectivity index (χ1) is 6.92. The van der Waals surface area contributed by atoms with E-state index in [0.29, 0.717) is 0 Å². The summed E-state index contributed by atoms with van der Waals surface area (Å²) in [5.74, 6) is 0. The molecule has 0 saturated carbocycles. The van der Waals surface area contributed by atoms with Crippen LogP contribution < -0.4 is 0 Å². The zero-order chi connectivity index (χ0) is 11.5. The number of nitrogens with zero attached hydrogens (tertiary/aromatic N) is 1. The topological polar surface area (TPSA) is 33.0 Å². The SMILES string of the molecule is C[Si](C)(C)OC(C#N)c1cccc(I)c1. The molecule has 1 aromatic rings. The lowest BCUT2D eigenvalue weighted by Crippen LogP contribution is -2.27. The fourth-order valence-corrected chi connectivity index (χ4v) is 2.66. The second kappa shape index (κ2) is 5.10. The first kappa shape index (κ1) is 12.7. The van der Waals surface area contributed by atoms with Gasteiger partial charge in [0.1, 0.15) is 0 Å². The van der Waals surface area contributed by atoms with Gasteiger partial charge >= 0.3 is 0 Å². The molecule has 1 aromatic carbocycles. The number of rotatable bonds is 3. The Morgan fingerprint density at radius 2 is 2.07 bits per heavy atom. The van der Waals surface area contributed by atoms with Crippen LogP contribution in [-0.4, -0.2) is 8.32 Å². The Bertz CT molecular complexity index is 381. The first-order valence-corrected chi connectivity index (χ1v) is 9.24. The second-order valence-corrected chi connectivity index (χ2v) is 10.0. The lowest BCUT2D eigenvalue weighted by molar-refractivity contribution is 0.255. The smallest absolute Gasteiger partial charge is 0.186 e. The molecule has 15 heavy (non-hydrogen) atoms. The molecule has 0 aromatic heterocycles. The fourth-order valence-electron chi connectivity index (χ4n) is 1.19. The van der Waals surface area contributed by atoms with Gasteiger partial charge in [-0.25, -0.2) is 0 Å². The van der Waals surface area contributed by atoms with Crippen molar-refractivity contribution < 1.29 is 4.43 Å². The normalized spacial score (nSPS) is 13.3. The summed E-state index contributed by atoms with van der Waals surface area (Å²) >= 11 is 2.24. The number of hydrogen-bond donors (Lipinski definition) is 0. The molecule has 0 aliphatic rings. The second-order valence-electron chi connectivity index (χ2n) is 4.29. The van der Waals surface area contributed by atoms with Crippen molar-refractivity contribution in [3.8, 4) is 6.07 Å². The third kappa shape index (κ3) is 4.32. The number of hydrogen-bond acceptors (Lipinski definition) is 2. The van der Waals surface area contributed by atoms with E-state index in [2.05, 4.69) is 48.3 Å². The largest absolute Gasteiger partial charge is 0.399 e. The Balaban J connectivity index is 2.90. The van der Waals surface area contributed by atoms with E-state index in [9.17, 15) is 0 Å². The van der Waals surface area contributed by atoms with Gasteiger partial charge < -0.3 is 4.43 Å². The molecule has 1 atom stereocenters. The van der Waals surface area contributed by atoms with Crippen molar-refractivity contribution in [2.75, 3.05) is 0 Å². The van der Waals surface area contributed by atoms with Crippen molar-refractivity contribution in [3.05, 3.63) is 33.4 Å². The van der Waals surface area contributed by atoms with Crippen molar-refractivity contribution in [2.45, 2.75) is 25.7 Å². The summed E-state index contributed by atoms with van der Waals surface area (Å²) in [5, 5.41) is 9.08. The maximum atomic E-state index is 9.08. The standard InChI is InChI=1S/C11H14INOSi/c1-15(2,3)14-11(8-13)9-5-4-6-10(12)7-9/h4-7,11H,1-3H3. The molecule has 4 heteroatoms. The molecule has 0 amide bonds. The first-order valence-electron chi connectivity index (χ1n) is 4.75. The highest BCUT2D eigenvalue weighted by atomic mass is 127. The van der Waals surface area contributed by atoms with Crippen molar-refractivity contribution in [1.29, 1.82) is 5.26 Å². The van der Waals surface area contributed by atoms with Gasteiger partial charge in [-0.3, -0.25) is 0 Å². The minimum atomic E-state index is -1.67. The minimum Gasteiger partial charge on any atom is -0.399 e. The van der Waals surface area contributed by atoms with Crippen LogP contribution in [0.15, 0.2) is 24.3 Å². The average molecular weight is 331 g/mol. The summed E-state index contributed by atoms with van der Waals surface area (Å²) in [4.78, 5) is 0. The van der Waals surface area contributed by atoms with Gasteiger partial charge in [-0.05, 0) is 59.9 Å². The van der Waals surface area contributed by atoms with Crippen LogP contribution in [-0.2, 0) is 4.43 Å². The van der Waals surface area contributed by atoms with Gasteiger partial charge in [-0.1, -0.05) is 12.1 Å². The van der Waals surface area contributed by atoms with E-state index in [1.165, 1.54) is 0 Å². The molecule has 0 saturated heterocycles.